The van der Waals surface area contributed by atoms with E-state index >= 15 is 0 Å². The predicted octanol–water partition coefficient (Wildman–Crippen LogP) is 6.40. The second-order valence-corrected chi connectivity index (χ2v) is 8.34. The molecule has 156 valence electrons. The van der Waals surface area contributed by atoms with E-state index in [1.807, 2.05) is 6.07 Å². The summed E-state index contributed by atoms with van der Waals surface area (Å²) in [7, 11) is 0. The lowest BCUT2D eigenvalue weighted by molar-refractivity contribution is -0.137. The minimum atomic E-state index is -4.40. The van der Waals surface area contributed by atoms with Crippen LogP contribution in [0, 0.1) is 29.6 Å². The monoisotopic (exact) mass is 451 g/mol. The van der Waals surface area contributed by atoms with E-state index in [9.17, 15) is 18.0 Å². The first-order valence-electron chi connectivity index (χ1n) is 8.69. The highest BCUT2D eigenvalue weighted by atomic mass is 35.5. The molecule has 2 aromatic rings. The van der Waals surface area contributed by atoms with Crippen molar-refractivity contribution >= 4 is 29.1 Å². The maximum absolute atomic E-state index is 12.7. The molecule has 0 saturated heterocycles. The van der Waals surface area contributed by atoms with Crippen molar-refractivity contribution in [2.45, 2.75) is 41.8 Å². The zero-order valence-corrected chi connectivity index (χ0v) is 17.7. The minimum absolute atomic E-state index is 0.0281. The quantitative estimate of drug-likeness (QED) is 0.457. The molecule has 2 rings (SSSR count). The van der Waals surface area contributed by atoms with E-state index < -0.39 is 29.0 Å². The van der Waals surface area contributed by atoms with E-state index in [1.54, 1.807) is 18.2 Å². The van der Waals surface area contributed by atoms with Crippen LogP contribution in [0.25, 0.3) is 0 Å². The van der Waals surface area contributed by atoms with Crippen LogP contribution in [0.4, 0.5) is 13.2 Å². The third-order valence-electron chi connectivity index (χ3n) is 4.07. The van der Waals surface area contributed by atoms with Gasteiger partial charge < -0.3 is 4.74 Å². The number of rotatable bonds is 7. The van der Waals surface area contributed by atoms with Gasteiger partial charge in [-0.2, -0.15) is 18.4 Å². The average molecular weight is 452 g/mol. The Bertz CT molecular complexity index is 1010. The Morgan fingerprint density at radius 3 is 2.33 bits per heavy atom. The molecule has 0 aliphatic rings. The topological polar surface area (TPSA) is 50.1 Å². The molecule has 0 fully saturated rings. The number of hydrogen-bond donors (Lipinski definition) is 0. The molecular formula is C22H17ClF3NO2S. The molecule has 30 heavy (non-hydrogen) atoms. The van der Waals surface area contributed by atoms with Crippen LogP contribution in [0.2, 0.25) is 5.02 Å². The van der Waals surface area contributed by atoms with Crippen molar-refractivity contribution in [3.8, 4) is 24.2 Å². The first kappa shape index (κ1) is 23.7. The third-order valence-corrected chi connectivity index (χ3v) is 5.38. The van der Waals surface area contributed by atoms with Gasteiger partial charge in [-0.1, -0.05) is 23.4 Å². The summed E-state index contributed by atoms with van der Waals surface area (Å²) in [6, 6.07) is 11.5. The first-order valence-corrected chi connectivity index (χ1v) is 9.88. The number of carbonyl (C=O) groups excluding carboxylic acids is 1. The zero-order chi connectivity index (χ0) is 22.5. The number of ketones is 1. The second kappa shape index (κ2) is 9.47. The smallest absolute Gasteiger partial charge is 0.416 e. The highest BCUT2D eigenvalue weighted by Gasteiger charge is 2.36. The maximum Gasteiger partial charge on any atom is 0.416 e. The summed E-state index contributed by atoms with van der Waals surface area (Å²) in [6.07, 6.45) is 0.781. The fourth-order valence-electron chi connectivity index (χ4n) is 2.53. The summed E-state index contributed by atoms with van der Waals surface area (Å²) < 4.78 is 43.9. The number of halogens is 4. The van der Waals surface area contributed by atoms with Crippen molar-refractivity contribution in [2.24, 2.45) is 5.92 Å². The fraction of sp³-hybridized carbons (Fsp3) is 0.273. The van der Waals surface area contributed by atoms with Crippen LogP contribution in [0.5, 0.6) is 5.75 Å². The number of benzene rings is 2. The Morgan fingerprint density at radius 2 is 1.80 bits per heavy atom. The van der Waals surface area contributed by atoms with Crippen molar-refractivity contribution < 1.29 is 22.7 Å². The Balaban J connectivity index is 2.22. The molecule has 0 amide bonds. The Kier molecular flexibility index (Phi) is 7.47. The van der Waals surface area contributed by atoms with Crippen molar-refractivity contribution in [3.63, 3.8) is 0 Å². The summed E-state index contributed by atoms with van der Waals surface area (Å²) in [6.45, 7) is 3.03. The summed E-state index contributed by atoms with van der Waals surface area (Å²) in [5, 5.41) is 9.42. The van der Waals surface area contributed by atoms with Crippen LogP contribution in [-0.4, -0.2) is 11.4 Å². The van der Waals surface area contributed by atoms with E-state index in [1.165, 1.54) is 37.7 Å². The lowest BCUT2D eigenvalue weighted by atomic mass is 9.90. The number of hydrogen-bond acceptors (Lipinski definition) is 4. The van der Waals surface area contributed by atoms with Gasteiger partial charge in [0.25, 0.3) is 0 Å². The van der Waals surface area contributed by atoms with Gasteiger partial charge in [0.2, 0.25) is 0 Å². The molecule has 2 aromatic carbocycles. The van der Waals surface area contributed by atoms with Crippen LogP contribution in [0.15, 0.2) is 52.3 Å². The van der Waals surface area contributed by atoms with Gasteiger partial charge in [-0.25, -0.2) is 0 Å². The standard InChI is InChI=1S/C22H17ClF3NO2S/c1-4-5-14(13-27)20(28)21(2,3)29-19-12-17(10-11-18(19)23)30-16-8-6-15(7-9-16)22(24,25)26/h1,6-12,14H,5H2,2-3H3. The van der Waals surface area contributed by atoms with Gasteiger partial charge in [0.15, 0.2) is 11.4 Å². The molecule has 0 aliphatic carbocycles. The number of ether oxygens (including phenoxy) is 1. The van der Waals surface area contributed by atoms with E-state index in [-0.39, 0.29) is 17.2 Å². The van der Waals surface area contributed by atoms with Gasteiger partial charge in [-0.15, -0.1) is 12.3 Å². The van der Waals surface area contributed by atoms with Crippen molar-refractivity contribution in [1.82, 2.24) is 0 Å². The summed E-state index contributed by atoms with van der Waals surface area (Å²) in [5.74, 6) is 1.03. The first-order chi connectivity index (χ1) is 14.0. The SMILES string of the molecule is C#CCC(C#N)C(=O)C(C)(C)Oc1cc(Sc2ccc(C(F)(F)F)cc2)ccc1Cl. The Morgan fingerprint density at radius 1 is 1.20 bits per heavy atom. The highest BCUT2D eigenvalue weighted by Crippen LogP contribution is 2.37. The molecule has 8 heteroatoms. The Hall–Kier alpha value is -2.61. The van der Waals surface area contributed by atoms with Crippen LogP contribution >= 0.6 is 23.4 Å². The van der Waals surface area contributed by atoms with Crippen LogP contribution in [-0.2, 0) is 11.0 Å². The van der Waals surface area contributed by atoms with Crippen molar-refractivity contribution in [1.29, 1.82) is 5.26 Å². The molecule has 0 bridgehead atoms. The third kappa shape index (κ3) is 5.95. The average Bonchev–Trinajstić information content (AvgIpc) is 2.67. The van der Waals surface area contributed by atoms with Gasteiger partial charge in [-0.05, 0) is 56.3 Å². The fourth-order valence-corrected chi connectivity index (χ4v) is 3.54. The van der Waals surface area contributed by atoms with Gasteiger partial charge >= 0.3 is 6.18 Å². The lowest BCUT2D eigenvalue weighted by Gasteiger charge is -2.27. The highest BCUT2D eigenvalue weighted by molar-refractivity contribution is 7.99. The molecule has 0 saturated carbocycles. The number of alkyl halides is 3. The second-order valence-electron chi connectivity index (χ2n) is 6.78. The lowest BCUT2D eigenvalue weighted by Crippen LogP contribution is -2.42. The van der Waals surface area contributed by atoms with Crippen LogP contribution in [0.3, 0.4) is 0 Å². The normalized spacial score (nSPS) is 12.5. The molecule has 0 radical (unpaired) electrons. The summed E-state index contributed by atoms with van der Waals surface area (Å²) >= 11 is 7.40. The van der Waals surface area contributed by atoms with E-state index in [4.69, 9.17) is 28.0 Å². The van der Waals surface area contributed by atoms with Crippen molar-refractivity contribution in [3.05, 3.63) is 53.1 Å². The van der Waals surface area contributed by atoms with E-state index in [0.29, 0.717) is 9.79 Å². The van der Waals surface area contributed by atoms with Crippen molar-refractivity contribution in [2.75, 3.05) is 0 Å². The van der Waals surface area contributed by atoms with Gasteiger partial charge in [0.05, 0.1) is 16.7 Å². The molecule has 0 aliphatic heterocycles. The predicted molar refractivity (Wildman–Crippen MR) is 109 cm³/mol. The molecule has 0 N–H and O–H groups in total. The molecule has 3 nitrogen and oxygen atoms in total. The molecule has 0 heterocycles. The maximum atomic E-state index is 12.7. The number of nitrogens with zero attached hydrogens (tertiary/aromatic N) is 1. The van der Waals surface area contributed by atoms with Gasteiger partial charge in [-0.3, -0.25) is 4.79 Å². The van der Waals surface area contributed by atoms with E-state index in [2.05, 4.69) is 5.92 Å². The number of Topliss-reactive ketones (excluding diaryl/α,β-unsaturated/α-hetero) is 1. The summed E-state index contributed by atoms with van der Waals surface area (Å²) in [5.41, 5.74) is -2.09. The molecule has 1 unspecified atom stereocenters. The van der Waals surface area contributed by atoms with Crippen LogP contribution < -0.4 is 4.74 Å². The molecular weight excluding hydrogens is 435 g/mol. The number of terminal acetylenes is 1. The molecule has 1 atom stereocenters. The zero-order valence-electron chi connectivity index (χ0n) is 16.1. The van der Waals surface area contributed by atoms with E-state index in [0.717, 1.165) is 12.1 Å². The minimum Gasteiger partial charge on any atom is -0.478 e. The van der Waals surface area contributed by atoms with Crippen LogP contribution in [0.1, 0.15) is 25.8 Å². The van der Waals surface area contributed by atoms with Gasteiger partial charge in [0.1, 0.15) is 11.7 Å². The Labute approximate surface area is 182 Å². The molecule has 0 spiro atoms. The number of nitriles is 1. The number of carbonyl (C=O) groups is 1. The van der Waals surface area contributed by atoms with Gasteiger partial charge in [0, 0.05) is 16.2 Å². The summed E-state index contributed by atoms with van der Waals surface area (Å²) in [4.78, 5) is 13.8. The molecule has 0 aromatic heterocycles. The largest absolute Gasteiger partial charge is 0.478 e.